The molecule has 5 heteroatoms. The Morgan fingerprint density at radius 2 is 2.04 bits per heavy atom. The Morgan fingerprint density at radius 3 is 3.00 bits per heavy atom. The molecule has 2 heterocycles. The number of rotatable bonds is 4. The molecule has 1 aliphatic rings. The zero-order valence-corrected chi connectivity index (χ0v) is 13.0. The number of hydrogen-bond donors (Lipinski definition) is 3. The van der Waals surface area contributed by atoms with Crippen molar-refractivity contribution in [2.24, 2.45) is 0 Å². The van der Waals surface area contributed by atoms with Gasteiger partial charge < -0.3 is 10.3 Å². The van der Waals surface area contributed by atoms with E-state index in [-0.39, 0.29) is 5.56 Å². The van der Waals surface area contributed by atoms with Gasteiger partial charge in [-0.25, -0.2) is 4.98 Å². The summed E-state index contributed by atoms with van der Waals surface area (Å²) in [5, 5.41) is 4.51. The first-order valence-electron chi connectivity index (χ1n) is 8.22. The topological polar surface area (TPSA) is 73.6 Å². The number of para-hydroxylation sites is 1. The molecule has 0 fully saturated rings. The molecule has 23 heavy (non-hydrogen) atoms. The number of H-pyrrole nitrogens is 2. The van der Waals surface area contributed by atoms with E-state index in [1.807, 2.05) is 6.07 Å². The highest BCUT2D eigenvalue weighted by molar-refractivity contribution is 5.83. The fourth-order valence-electron chi connectivity index (χ4n) is 3.34. The molecular formula is C18H20N4O. The summed E-state index contributed by atoms with van der Waals surface area (Å²) in [5.74, 6) is 0.593. The molecule has 2 aromatic heterocycles. The lowest BCUT2D eigenvalue weighted by Gasteiger charge is -2.15. The fraction of sp³-hybridized carbons (Fsp3) is 0.333. The predicted molar refractivity (Wildman–Crippen MR) is 92.0 cm³/mol. The third-order valence-electron chi connectivity index (χ3n) is 4.55. The van der Waals surface area contributed by atoms with E-state index < -0.39 is 0 Å². The van der Waals surface area contributed by atoms with Gasteiger partial charge in [-0.05, 0) is 43.7 Å². The minimum Gasteiger partial charge on any atom is -0.361 e. The van der Waals surface area contributed by atoms with Crippen LogP contribution in [0.15, 0.2) is 35.3 Å². The van der Waals surface area contributed by atoms with Crippen molar-refractivity contribution in [3.63, 3.8) is 0 Å². The highest BCUT2D eigenvalue weighted by atomic mass is 16.1. The summed E-state index contributed by atoms with van der Waals surface area (Å²) >= 11 is 0. The van der Waals surface area contributed by atoms with Crippen LogP contribution in [-0.4, -0.2) is 21.5 Å². The van der Waals surface area contributed by atoms with Gasteiger partial charge in [-0.1, -0.05) is 18.2 Å². The van der Waals surface area contributed by atoms with Gasteiger partial charge in [0.05, 0.1) is 5.69 Å². The van der Waals surface area contributed by atoms with Crippen LogP contribution < -0.4 is 10.9 Å². The first-order chi connectivity index (χ1) is 11.3. The van der Waals surface area contributed by atoms with Gasteiger partial charge in [0, 0.05) is 29.2 Å². The number of benzene rings is 1. The lowest BCUT2D eigenvalue weighted by atomic mass is 9.97. The van der Waals surface area contributed by atoms with Gasteiger partial charge in [0.1, 0.15) is 0 Å². The SMILES string of the molecule is O=c1[nH]c(NCCc2c[nH]c3ccccc23)nc2c1CCCC2. The van der Waals surface area contributed by atoms with Gasteiger partial charge in [-0.15, -0.1) is 0 Å². The molecule has 0 atom stereocenters. The van der Waals surface area contributed by atoms with Gasteiger partial charge in [-0.3, -0.25) is 9.78 Å². The van der Waals surface area contributed by atoms with Crippen molar-refractivity contribution in [2.45, 2.75) is 32.1 Å². The molecule has 3 aromatic rings. The van der Waals surface area contributed by atoms with Crippen LogP contribution in [0.25, 0.3) is 10.9 Å². The van der Waals surface area contributed by atoms with Crippen molar-refractivity contribution in [1.29, 1.82) is 0 Å². The summed E-state index contributed by atoms with van der Waals surface area (Å²) in [6.07, 6.45) is 6.91. The van der Waals surface area contributed by atoms with E-state index in [0.717, 1.165) is 55.4 Å². The molecule has 0 spiro atoms. The van der Waals surface area contributed by atoms with Crippen LogP contribution in [0.1, 0.15) is 29.7 Å². The molecule has 0 amide bonds. The zero-order valence-electron chi connectivity index (χ0n) is 13.0. The number of aryl methyl sites for hydroxylation is 1. The summed E-state index contributed by atoms with van der Waals surface area (Å²) in [5.41, 5.74) is 4.29. The molecule has 3 N–H and O–H groups in total. The van der Waals surface area contributed by atoms with Crippen LogP contribution in [0.5, 0.6) is 0 Å². The predicted octanol–water partition coefficient (Wildman–Crippen LogP) is 2.78. The van der Waals surface area contributed by atoms with Crippen molar-refractivity contribution in [3.05, 3.63) is 57.6 Å². The van der Waals surface area contributed by atoms with Crippen LogP contribution in [0.4, 0.5) is 5.95 Å². The third-order valence-corrected chi connectivity index (χ3v) is 4.55. The smallest absolute Gasteiger partial charge is 0.255 e. The monoisotopic (exact) mass is 308 g/mol. The van der Waals surface area contributed by atoms with E-state index in [0.29, 0.717) is 5.95 Å². The van der Waals surface area contributed by atoms with E-state index in [1.54, 1.807) is 0 Å². The zero-order chi connectivity index (χ0) is 15.6. The van der Waals surface area contributed by atoms with Crippen LogP contribution in [-0.2, 0) is 19.3 Å². The first kappa shape index (κ1) is 14.1. The van der Waals surface area contributed by atoms with Crippen LogP contribution >= 0.6 is 0 Å². The van der Waals surface area contributed by atoms with Gasteiger partial charge >= 0.3 is 0 Å². The van der Waals surface area contributed by atoms with Crippen molar-refractivity contribution < 1.29 is 0 Å². The Balaban J connectivity index is 1.47. The van der Waals surface area contributed by atoms with Crippen molar-refractivity contribution in [1.82, 2.24) is 15.0 Å². The minimum atomic E-state index is 0.0179. The summed E-state index contributed by atoms with van der Waals surface area (Å²) in [6.45, 7) is 0.740. The Bertz CT molecular complexity index is 893. The molecule has 0 radical (unpaired) electrons. The first-order valence-corrected chi connectivity index (χ1v) is 8.22. The van der Waals surface area contributed by atoms with E-state index in [2.05, 4.69) is 44.7 Å². The molecule has 0 bridgehead atoms. The largest absolute Gasteiger partial charge is 0.361 e. The van der Waals surface area contributed by atoms with Crippen LogP contribution in [0.2, 0.25) is 0 Å². The molecule has 118 valence electrons. The number of anilines is 1. The molecule has 4 rings (SSSR count). The second-order valence-electron chi connectivity index (χ2n) is 6.08. The molecule has 0 saturated heterocycles. The molecule has 1 aromatic carbocycles. The van der Waals surface area contributed by atoms with E-state index in [1.165, 1.54) is 10.9 Å². The maximum absolute atomic E-state index is 12.1. The number of aromatic nitrogens is 3. The number of nitrogens with one attached hydrogen (secondary N) is 3. The van der Waals surface area contributed by atoms with Gasteiger partial charge in [0.25, 0.3) is 5.56 Å². The van der Waals surface area contributed by atoms with E-state index in [9.17, 15) is 4.79 Å². The van der Waals surface area contributed by atoms with Crippen LogP contribution in [0, 0.1) is 0 Å². The normalized spacial score (nSPS) is 13.9. The molecule has 0 unspecified atom stereocenters. The van der Waals surface area contributed by atoms with Gasteiger partial charge in [0.2, 0.25) is 5.95 Å². The molecule has 0 aliphatic heterocycles. The maximum Gasteiger partial charge on any atom is 0.255 e. The molecule has 0 saturated carbocycles. The quantitative estimate of drug-likeness (QED) is 0.694. The molecule has 5 nitrogen and oxygen atoms in total. The summed E-state index contributed by atoms with van der Waals surface area (Å²) in [4.78, 5) is 22.8. The fourth-order valence-corrected chi connectivity index (χ4v) is 3.34. The Labute approximate surface area is 134 Å². The summed E-state index contributed by atoms with van der Waals surface area (Å²) < 4.78 is 0. The summed E-state index contributed by atoms with van der Waals surface area (Å²) in [6, 6.07) is 8.28. The van der Waals surface area contributed by atoms with E-state index in [4.69, 9.17) is 0 Å². The number of aromatic amines is 2. The third kappa shape index (κ3) is 2.74. The highest BCUT2D eigenvalue weighted by Crippen LogP contribution is 2.19. The second-order valence-corrected chi connectivity index (χ2v) is 6.08. The van der Waals surface area contributed by atoms with Crippen molar-refractivity contribution in [2.75, 3.05) is 11.9 Å². The van der Waals surface area contributed by atoms with Gasteiger partial charge in [-0.2, -0.15) is 0 Å². The van der Waals surface area contributed by atoms with E-state index >= 15 is 0 Å². The molecular weight excluding hydrogens is 288 g/mol. The maximum atomic E-state index is 12.1. The highest BCUT2D eigenvalue weighted by Gasteiger charge is 2.15. The summed E-state index contributed by atoms with van der Waals surface area (Å²) in [7, 11) is 0. The average Bonchev–Trinajstić information content (AvgIpc) is 2.98. The molecule has 1 aliphatic carbocycles. The lowest BCUT2D eigenvalue weighted by Crippen LogP contribution is -2.23. The number of nitrogens with zero attached hydrogens (tertiary/aromatic N) is 1. The van der Waals surface area contributed by atoms with Crippen molar-refractivity contribution in [3.8, 4) is 0 Å². The van der Waals surface area contributed by atoms with Crippen molar-refractivity contribution >= 4 is 16.9 Å². The second kappa shape index (κ2) is 5.91. The Morgan fingerprint density at radius 1 is 1.17 bits per heavy atom. The Kier molecular flexibility index (Phi) is 3.61. The van der Waals surface area contributed by atoms with Gasteiger partial charge in [0.15, 0.2) is 0 Å². The number of hydrogen-bond acceptors (Lipinski definition) is 3. The number of fused-ring (bicyclic) bond motifs is 2. The van der Waals surface area contributed by atoms with Crippen LogP contribution in [0.3, 0.4) is 0 Å². The Hall–Kier alpha value is -2.56. The minimum absolute atomic E-state index is 0.0179. The average molecular weight is 308 g/mol. The standard InChI is InChI=1S/C18H20N4O/c23-17-14-6-2-4-8-16(14)21-18(22-17)19-10-9-12-11-20-15-7-3-1-5-13(12)15/h1,3,5,7,11,20H,2,4,6,8-10H2,(H2,19,21,22,23). The lowest BCUT2D eigenvalue weighted by molar-refractivity contribution is 0.657.